The topological polar surface area (TPSA) is 225 Å². The molecular formula is C12H22N2O9. The molecule has 10 N–H and O–H groups in total. The standard InChI is InChI=1S/C12H22N2O9/c13-4-2-1-3-5(14)8(17)12(23,11(21)22)9(18)6(15)7(16)10(19)20/h5-7,9,15-16,18,23H,1-4,13-14H2,(H,19,20)(H,21,22). The smallest absolute Gasteiger partial charge is 0.346 e. The van der Waals surface area contributed by atoms with Gasteiger partial charge in [0.2, 0.25) is 0 Å². The van der Waals surface area contributed by atoms with Gasteiger partial charge in [0.25, 0.3) is 5.60 Å². The zero-order chi connectivity index (χ0) is 18.4. The molecular weight excluding hydrogens is 316 g/mol. The van der Waals surface area contributed by atoms with Crippen LogP contribution in [0.1, 0.15) is 19.3 Å². The third-order valence-corrected chi connectivity index (χ3v) is 3.34. The normalized spacial score (nSPS) is 19.2. The van der Waals surface area contributed by atoms with Gasteiger partial charge in [0, 0.05) is 0 Å². The molecule has 5 unspecified atom stereocenters. The summed E-state index contributed by atoms with van der Waals surface area (Å²) < 4.78 is 0. The highest BCUT2D eigenvalue weighted by Gasteiger charge is 2.56. The summed E-state index contributed by atoms with van der Waals surface area (Å²) in [6.07, 6.45) is -7.27. The van der Waals surface area contributed by atoms with E-state index in [1.807, 2.05) is 0 Å². The van der Waals surface area contributed by atoms with Crippen molar-refractivity contribution >= 4 is 17.7 Å². The number of Topliss-reactive ketones (excluding diaryl/α,β-unsaturated/α-hetero) is 1. The van der Waals surface area contributed by atoms with E-state index in [4.69, 9.17) is 26.8 Å². The van der Waals surface area contributed by atoms with Crippen LogP contribution in [0.3, 0.4) is 0 Å². The fourth-order valence-electron chi connectivity index (χ4n) is 1.87. The summed E-state index contributed by atoms with van der Waals surface area (Å²) >= 11 is 0. The molecule has 0 spiro atoms. The molecule has 0 saturated carbocycles. The third kappa shape index (κ3) is 4.92. The Hall–Kier alpha value is -1.63. The van der Waals surface area contributed by atoms with E-state index in [0.29, 0.717) is 19.4 Å². The fraction of sp³-hybridized carbons (Fsp3) is 0.750. The molecule has 5 atom stereocenters. The molecule has 0 aromatic carbocycles. The Bertz CT molecular complexity index is 444. The van der Waals surface area contributed by atoms with Gasteiger partial charge in [-0.05, 0) is 19.4 Å². The summed E-state index contributed by atoms with van der Waals surface area (Å²) in [5.41, 5.74) is 7.15. The molecule has 0 heterocycles. The van der Waals surface area contributed by atoms with Crippen molar-refractivity contribution in [2.24, 2.45) is 11.5 Å². The van der Waals surface area contributed by atoms with Gasteiger partial charge >= 0.3 is 11.9 Å². The van der Waals surface area contributed by atoms with Crippen molar-refractivity contribution in [3.05, 3.63) is 0 Å². The largest absolute Gasteiger partial charge is 0.479 e. The van der Waals surface area contributed by atoms with Crippen LogP contribution in [0.2, 0.25) is 0 Å². The molecule has 0 aromatic rings. The molecule has 11 nitrogen and oxygen atoms in total. The molecule has 0 aliphatic carbocycles. The van der Waals surface area contributed by atoms with E-state index >= 15 is 0 Å². The molecule has 134 valence electrons. The summed E-state index contributed by atoms with van der Waals surface area (Å²) in [6, 6.07) is -1.49. The molecule has 11 heteroatoms. The van der Waals surface area contributed by atoms with Crippen LogP contribution < -0.4 is 11.5 Å². The molecule has 23 heavy (non-hydrogen) atoms. The van der Waals surface area contributed by atoms with Crippen molar-refractivity contribution in [3.8, 4) is 0 Å². The van der Waals surface area contributed by atoms with Gasteiger partial charge in [0.05, 0.1) is 6.04 Å². The van der Waals surface area contributed by atoms with Gasteiger partial charge in [-0.1, -0.05) is 6.42 Å². The summed E-state index contributed by atoms with van der Waals surface area (Å²) in [5, 5.41) is 55.9. The maximum absolute atomic E-state index is 12.1. The number of aliphatic hydroxyl groups excluding tert-OH is 3. The number of unbranched alkanes of at least 4 members (excludes halogenated alkanes) is 1. The van der Waals surface area contributed by atoms with E-state index in [0.717, 1.165) is 0 Å². The van der Waals surface area contributed by atoms with Crippen LogP contribution >= 0.6 is 0 Å². The number of carbonyl (C=O) groups excluding carboxylic acids is 1. The second kappa shape index (κ2) is 8.86. The second-order valence-corrected chi connectivity index (χ2v) is 5.05. The maximum Gasteiger partial charge on any atom is 0.346 e. The summed E-state index contributed by atoms with van der Waals surface area (Å²) in [6.45, 7) is 0.302. The molecule has 0 amide bonds. The minimum atomic E-state index is -3.57. The van der Waals surface area contributed by atoms with E-state index in [1.54, 1.807) is 0 Å². The maximum atomic E-state index is 12.1. The monoisotopic (exact) mass is 338 g/mol. The second-order valence-electron chi connectivity index (χ2n) is 5.05. The Labute approximate surface area is 131 Å². The van der Waals surface area contributed by atoms with Crippen LogP contribution in [0.15, 0.2) is 0 Å². The summed E-state index contributed by atoms with van der Waals surface area (Å²) in [7, 11) is 0. The Kier molecular flexibility index (Phi) is 8.23. The average molecular weight is 338 g/mol. The predicted octanol–water partition coefficient (Wildman–Crippen LogP) is -4.01. The fourth-order valence-corrected chi connectivity index (χ4v) is 1.87. The molecule has 0 fully saturated rings. The minimum Gasteiger partial charge on any atom is -0.479 e. The lowest BCUT2D eigenvalue weighted by Crippen LogP contribution is -2.65. The highest BCUT2D eigenvalue weighted by atomic mass is 16.4. The number of ketones is 1. The molecule has 0 bridgehead atoms. The molecule has 0 rings (SSSR count). The summed E-state index contributed by atoms with van der Waals surface area (Å²) in [4.78, 5) is 33.8. The molecule has 0 aromatic heterocycles. The van der Waals surface area contributed by atoms with Crippen LogP contribution in [0.25, 0.3) is 0 Å². The van der Waals surface area contributed by atoms with Gasteiger partial charge in [-0.25, -0.2) is 9.59 Å². The third-order valence-electron chi connectivity index (χ3n) is 3.34. The Morgan fingerprint density at radius 2 is 1.57 bits per heavy atom. The van der Waals surface area contributed by atoms with Crippen molar-refractivity contribution in [3.63, 3.8) is 0 Å². The number of nitrogens with two attached hydrogens (primary N) is 2. The number of hydrogen-bond acceptors (Lipinski definition) is 9. The average Bonchev–Trinajstić information content (AvgIpc) is 2.50. The first kappa shape index (κ1) is 21.4. The van der Waals surface area contributed by atoms with Crippen molar-refractivity contribution < 1.29 is 45.0 Å². The van der Waals surface area contributed by atoms with Crippen molar-refractivity contribution in [1.29, 1.82) is 0 Å². The number of carboxylic acid groups (broad SMARTS) is 2. The van der Waals surface area contributed by atoms with Crippen LogP contribution in [0.4, 0.5) is 0 Å². The number of aliphatic carboxylic acids is 2. The Morgan fingerprint density at radius 3 is 1.96 bits per heavy atom. The van der Waals surface area contributed by atoms with Crippen molar-refractivity contribution in [1.82, 2.24) is 0 Å². The summed E-state index contributed by atoms with van der Waals surface area (Å²) in [5.74, 6) is -5.74. The van der Waals surface area contributed by atoms with Gasteiger partial charge in [0.15, 0.2) is 11.9 Å². The van der Waals surface area contributed by atoms with Crippen molar-refractivity contribution in [2.75, 3.05) is 6.54 Å². The van der Waals surface area contributed by atoms with Crippen LogP contribution in [-0.2, 0) is 14.4 Å². The lowest BCUT2D eigenvalue weighted by molar-refractivity contribution is -0.196. The van der Waals surface area contributed by atoms with E-state index < -0.39 is 47.7 Å². The number of carboxylic acids is 2. The number of rotatable bonds is 11. The zero-order valence-electron chi connectivity index (χ0n) is 12.2. The lowest BCUT2D eigenvalue weighted by atomic mass is 9.82. The van der Waals surface area contributed by atoms with Crippen LogP contribution in [0.5, 0.6) is 0 Å². The van der Waals surface area contributed by atoms with E-state index in [2.05, 4.69) is 0 Å². The number of carbonyl (C=O) groups is 3. The first-order valence-corrected chi connectivity index (χ1v) is 6.74. The van der Waals surface area contributed by atoms with Gasteiger partial charge in [0.1, 0.15) is 12.2 Å². The Balaban J connectivity index is 5.35. The van der Waals surface area contributed by atoms with Gasteiger partial charge in [-0.3, -0.25) is 4.79 Å². The van der Waals surface area contributed by atoms with Crippen LogP contribution in [-0.4, -0.2) is 84.9 Å². The molecule has 0 saturated heterocycles. The first-order valence-electron chi connectivity index (χ1n) is 6.74. The minimum absolute atomic E-state index is 0.0457. The number of aliphatic hydroxyl groups is 4. The SMILES string of the molecule is NCCCCC(N)C(=O)C(O)(C(=O)O)C(O)C(O)C(O)C(=O)O. The quantitative estimate of drug-likeness (QED) is 0.134. The van der Waals surface area contributed by atoms with E-state index in [1.165, 1.54) is 0 Å². The predicted molar refractivity (Wildman–Crippen MR) is 74.1 cm³/mol. The van der Waals surface area contributed by atoms with E-state index in [-0.39, 0.29) is 6.42 Å². The lowest BCUT2D eigenvalue weighted by Gasteiger charge is -2.33. The van der Waals surface area contributed by atoms with Gasteiger partial charge < -0.3 is 42.1 Å². The van der Waals surface area contributed by atoms with Crippen molar-refractivity contribution in [2.45, 2.75) is 49.2 Å². The Morgan fingerprint density at radius 1 is 1.04 bits per heavy atom. The van der Waals surface area contributed by atoms with Crippen LogP contribution in [0, 0.1) is 0 Å². The highest BCUT2D eigenvalue weighted by Crippen LogP contribution is 2.21. The van der Waals surface area contributed by atoms with Gasteiger partial charge in [-0.2, -0.15) is 0 Å². The highest BCUT2D eigenvalue weighted by molar-refractivity contribution is 6.09. The van der Waals surface area contributed by atoms with E-state index in [9.17, 15) is 29.7 Å². The first-order chi connectivity index (χ1) is 10.5. The number of hydrogen-bond donors (Lipinski definition) is 8. The molecule has 0 aliphatic rings. The molecule has 0 aliphatic heterocycles. The molecule has 0 radical (unpaired) electrons. The van der Waals surface area contributed by atoms with Gasteiger partial charge in [-0.15, -0.1) is 0 Å². The zero-order valence-corrected chi connectivity index (χ0v) is 12.2.